The topological polar surface area (TPSA) is 53.1 Å². The predicted octanol–water partition coefficient (Wildman–Crippen LogP) is 4.21. The lowest BCUT2D eigenvalue weighted by atomic mass is 10.0. The van der Waals surface area contributed by atoms with Crippen LogP contribution in [-0.2, 0) is 4.79 Å². The van der Waals surface area contributed by atoms with Crippen LogP contribution in [0, 0.1) is 11.6 Å². The van der Waals surface area contributed by atoms with Gasteiger partial charge in [0.15, 0.2) is 0 Å². The molecule has 3 aromatic rings. The molecule has 1 aromatic heterocycles. The Morgan fingerprint density at radius 3 is 2.68 bits per heavy atom. The maximum absolute atomic E-state index is 13.8. The van der Waals surface area contributed by atoms with Crippen LogP contribution in [-0.4, -0.2) is 16.1 Å². The number of H-pyrrole nitrogens is 1. The Kier molecular flexibility index (Phi) is 3.47. The van der Waals surface area contributed by atoms with Crippen LogP contribution in [0.25, 0.3) is 28.1 Å². The summed E-state index contributed by atoms with van der Waals surface area (Å²) in [5, 5.41) is 9.47. The van der Waals surface area contributed by atoms with Crippen molar-refractivity contribution in [1.29, 1.82) is 0 Å². The first-order chi connectivity index (χ1) is 10.5. The molecular weight excluding hydrogens is 288 g/mol. The highest BCUT2D eigenvalue weighted by Crippen LogP contribution is 2.27. The Hall–Kier alpha value is -2.95. The summed E-state index contributed by atoms with van der Waals surface area (Å²) in [5.74, 6) is -2.05. The summed E-state index contributed by atoms with van der Waals surface area (Å²) in [6.45, 7) is 0. The largest absolute Gasteiger partial charge is 0.478 e. The zero-order valence-corrected chi connectivity index (χ0v) is 11.3. The lowest BCUT2D eigenvalue weighted by Gasteiger charge is -2.04. The number of carboxylic acids is 1. The standard InChI is InChI=1S/C17H11F2NO2/c18-12-3-5-15(19)14(9-12)10-1-2-11-7-13(4-6-17(21)22)20-16(11)8-10/h1-9,20H,(H,21,22)/b6-4+. The first-order valence-corrected chi connectivity index (χ1v) is 6.52. The van der Waals surface area contributed by atoms with Crippen LogP contribution in [0.15, 0.2) is 48.5 Å². The van der Waals surface area contributed by atoms with Crippen LogP contribution >= 0.6 is 0 Å². The van der Waals surface area contributed by atoms with E-state index < -0.39 is 17.6 Å². The van der Waals surface area contributed by atoms with Crippen LogP contribution in [0.4, 0.5) is 8.78 Å². The van der Waals surface area contributed by atoms with Gasteiger partial charge < -0.3 is 10.1 Å². The molecule has 0 radical (unpaired) electrons. The summed E-state index contributed by atoms with van der Waals surface area (Å²) in [6, 6.07) is 10.2. The van der Waals surface area contributed by atoms with E-state index in [-0.39, 0.29) is 5.56 Å². The molecule has 0 atom stereocenters. The number of carboxylic acid groups (broad SMARTS) is 1. The van der Waals surface area contributed by atoms with Crippen molar-refractivity contribution in [1.82, 2.24) is 4.98 Å². The van der Waals surface area contributed by atoms with E-state index in [0.717, 1.165) is 29.7 Å². The smallest absolute Gasteiger partial charge is 0.328 e. The van der Waals surface area contributed by atoms with Crippen LogP contribution in [0.3, 0.4) is 0 Å². The zero-order valence-electron chi connectivity index (χ0n) is 11.3. The number of halogens is 2. The zero-order chi connectivity index (χ0) is 15.7. The average Bonchev–Trinajstić information content (AvgIpc) is 2.89. The predicted molar refractivity (Wildman–Crippen MR) is 80.3 cm³/mol. The summed E-state index contributed by atoms with van der Waals surface area (Å²) in [7, 11) is 0. The SMILES string of the molecule is O=C(O)/C=C/c1cc2ccc(-c3cc(F)ccc3F)cc2[nH]1. The molecule has 3 nitrogen and oxygen atoms in total. The lowest BCUT2D eigenvalue weighted by Crippen LogP contribution is -1.86. The fourth-order valence-corrected chi connectivity index (χ4v) is 2.29. The third kappa shape index (κ3) is 2.74. The van der Waals surface area contributed by atoms with Gasteiger partial charge in [0.1, 0.15) is 11.6 Å². The van der Waals surface area contributed by atoms with Gasteiger partial charge in [-0.2, -0.15) is 0 Å². The van der Waals surface area contributed by atoms with E-state index >= 15 is 0 Å². The molecule has 2 aromatic carbocycles. The number of hydrogen-bond donors (Lipinski definition) is 2. The number of fused-ring (bicyclic) bond motifs is 1. The minimum Gasteiger partial charge on any atom is -0.478 e. The Morgan fingerprint density at radius 1 is 1.09 bits per heavy atom. The number of carbonyl (C=O) groups is 1. The van der Waals surface area contributed by atoms with E-state index in [1.54, 1.807) is 24.3 Å². The van der Waals surface area contributed by atoms with E-state index in [0.29, 0.717) is 16.8 Å². The van der Waals surface area contributed by atoms with Crippen molar-refractivity contribution < 1.29 is 18.7 Å². The maximum Gasteiger partial charge on any atom is 0.328 e. The second-order valence-electron chi connectivity index (χ2n) is 4.82. The van der Waals surface area contributed by atoms with Gasteiger partial charge in [-0.25, -0.2) is 13.6 Å². The van der Waals surface area contributed by atoms with Gasteiger partial charge in [-0.1, -0.05) is 12.1 Å². The van der Waals surface area contributed by atoms with Gasteiger partial charge in [-0.3, -0.25) is 0 Å². The summed E-state index contributed by atoms with van der Waals surface area (Å²) in [4.78, 5) is 13.5. The van der Waals surface area contributed by atoms with Crippen molar-refractivity contribution in [3.8, 4) is 11.1 Å². The molecule has 0 fully saturated rings. The minimum atomic E-state index is -1.04. The molecular formula is C17H11F2NO2. The number of hydrogen-bond acceptors (Lipinski definition) is 1. The molecule has 0 aliphatic heterocycles. The molecule has 0 spiro atoms. The number of nitrogens with one attached hydrogen (secondary N) is 1. The van der Waals surface area contributed by atoms with E-state index in [2.05, 4.69) is 4.98 Å². The fraction of sp³-hybridized carbons (Fsp3) is 0. The molecule has 0 amide bonds. The highest BCUT2D eigenvalue weighted by Gasteiger charge is 2.08. The molecule has 110 valence electrons. The van der Waals surface area contributed by atoms with Gasteiger partial charge in [0.05, 0.1) is 0 Å². The Labute approximate surface area is 124 Å². The first kappa shape index (κ1) is 14.0. The van der Waals surface area contributed by atoms with E-state index in [1.165, 1.54) is 6.08 Å². The molecule has 0 bridgehead atoms. The van der Waals surface area contributed by atoms with Crippen molar-refractivity contribution in [3.63, 3.8) is 0 Å². The minimum absolute atomic E-state index is 0.180. The summed E-state index contributed by atoms with van der Waals surface area (Å²) >= 11 is 0. The van der Waals surface area contributed by atoms with Gasteiger partial charge in [-0.15, -0.1) is 0 Å². The number of rotatable bonds is 3. The summed E-state index contributed by atoms with van der Waals surface area (Å²) < 4.78 is 27.1. The molecule has 0 saturated carbocycles. The number of aromatic amines is 1. The Bertz CT molecular complexity index is 897. The van der Waals surface area contributed by atoms with Gasteiger partial charge >= 0.3 is 5.97 Å². The number of aromatic nitrogens is 1. The number of benzene rings is 2. The third-order valence-corrected chi connectivity index (χ3v) is 3.29. The molecule has 0 saturated heterocycles. The van der Waals surface area contributed by atoms with Crippen molar-refractivity contribution >= 4 is 22.9 Å². The van der Waals surface area contributed by atoms with Crippen LogP contribution in [0.2, 0.25) is 0 Å². The fourth-order valence-electron chi connectivity index (χ4n) is 2.29. The number of aliphatic carboxylic acids is 1. The van der Waals surface area contributed by atoms with Crippen molar-refractivity contribution in [2.24, 2.45) is 0 Å². The maximum atomic E-state index is 13.8. The monoisotopic (exact) mass is 299 g/mol. The molecule has 0 unspecified atom stereocenters. The Balaban J connectivity index is 2.06. The third-order valence-electron chi connectivity index (χ3n) is 3.29. The molecule has 3 rings (SSSR count). The highest BCUT2D eigenvalue weighted by molar-refractivity contribution is 5.90. The van der Waals surface area contributed by atoms with Crippen LogP contribution in [0.1, 0.15) is 5.69 Å². The first-order valence-electron chi connectivity index (χ1n) is 6.52. The van der Waals surface area contributed by atoms with Crippen molar-refractivity contribution in [2.75, 3.05) is 0 Å². The molecule has 22 heavy (non-hydrogen) atoms. The second-order valence-corrected chi connectivity index (χ2v) is 4.82. The van der Waals surface area contributed by atoms with Gasteiger partial charge in [0.25, 0.3) is 0 Å². The van der Waals surface area contributed by atoms with E-state index in [1.807, 2.05) is 0 Å². The van der Waals surface area contributed by atoms with E-state index in [9.17, 15) is 13.6 Å². The average molecular weight is 299 g/mol. The van der Waals surface area contributed by atoms with E-state index in [4.69, 9.17) is 5.11 Å². The summed E-state index contributed by atoms with van der Waals surface area (Å²) in [6.07, 6.45) is 2.46. The van der Waals surface area contributed by atoms with Crippen molar-refractivity contribution in [2.45, 2.75) is 0 Å². The van der Waals surface area contributed by atoms with Crippen LogP contribution < -0.4 is 0 Å². The van der Waals surface area contributed by atoms with Crippen molar-refractivity contribution in [3.05, 3.63) is 65.9 Å². The molecule has 0 aliphatic rings. The molecule has 0 aliphatic carbocycles. The highest BCUT2D eigenvalue weighted by atomic mass is 19.1. The second kappa shape index (κ2) is 5.44. The quantitative estimate of drug-likeness (QED) is 0.712. The molecule has 2 N–H and O–H groups in total. The van der Waals surface area contributed by atoms with Gasteiger partial charge in [0, 0.05) is 28.2 Å². The normalized spacial score (nSPS) is 11.4. The molecule has 5 heteroatoms. The van der Waals surface area contributed by atoms with Gasteiger partial charge in [-0.05, 0) is 42.0 Å². The Morgan fingerprint density at radius 2 is 1.91 bits per heavy atom. The van der Waals surface area contributed by atoms with Crippen LogP contribution in [0.5, 0.6) is 0 Å². The molecule has 1 heterocycles. The summed E-state index contributed by atoms with van der Waals surface area (Å²) in [5.41, 5.74) is 2.06. The van der Waals surface area contributed by atoms with Gasteiger partial charge in [0.2, 0.25) is 0 Å². The lowest BCUT2D eigenvalue weighted by molar-refractivity contribution is -0.131.